The van der Waals surface area contributed by atoms with Crippen LogP contribution in [-0.4, -0.2) is 8.07 Å². The van der Waals surface area contributed by atoms with Crippen molar-refractivity contribution in [1.82, 2.24) is 0 Å². The number of allylic oxidation sites excluding steroid dienone is 9. The lowest BCUT2D eigenvalue weighted by molar-refractivity contribution is 0.489. The zero-order valence-electron chi connectivity index (χ0n) is 23.5. The van der Waals surface area contributed by atoms with E-state index in [0.717, 1.165) is 22.9 Å². The van der Waals surface area contributed by atoms with E-state index in [9.17, 15) is 0 Å². The van der Waals surface area contributed by atoms with E-state index in [1.165, 1.54) is 36.4 Å². The van der Waals surface area contributed by atoms with E-state index in [2.05, 4.69) is 130 Å². The summed E-state index contributed by atoms with van der Waals surface area (Å²) in [6.45, 7) is 12.2. The standard InChI is InChI=1S/C37H44Si/c1-5-6-23-38(4,36-26(2)24-34-30(19-13-21-32(34)36)28-15-9-7-10-16-28)37-27(3)25-35-31(20-14-22-33(35)37)29-17-11-8-12-18-29/h5,7-22,26-27,32-37H,1,6,23-25H2,2-4H3. The molecule has 0 N–H and O–H groups in total. The summed E-state index contributed by atoms with van der Waals surface area (Å²) < 4.78 is 0. The van der Waals surface area contributed by atoms with Crippen LogP contribution in [0.1, 0.15) is 44.2 Å². The third-order valence-corrected chi connectivity index (χ3v) is 17.2. The first-order chi connectivity index (χ1) is 18.5. The van der Waals surface area contributed by atoms with Crippen molar-refractivity contribution in [1.29, 1.82) is 0 Å². The van der Waals surface area contributed by atoms with Gasteiger partial charge < -0.3 is 0 Å². The largest absolute Gasteiger partial charge is 0.103 e. The molecule has 0 spiro atoms. The second-order valence-corrected chi connectivity index (χ2v) is 17.8. The Labute approximate surface area is 232 Å². The molecule has 6 rings (SSSR count). The summed E-state index contributed by atoms with van der Waals surface area (Å²) in [7, 11) is -1.74. The van der Waals surface area contributed by atoms with Gasteiger partial charge in [-0.1, -0.05) is 130 Å². The lowest BCUT2D eigenvalue weighted by Gasteiger charge is -2.48. The van der Waals surface area contributed by atoms with Gasteiger partial charge in [-0.05, 0) is 88.1 Å². The van der Waals surface area contributed by atoms with Gasteiger partial charge in [0, 0.05) is 0 Å². The minimum absolute atomic E-state index is 0.659. The molecule has 4 aliphatic carbocycles. The number of fused-ring (bicyclic) bond motifs is 2. The van der Waals surface area contributed by atoms with Crippen molar-refractivity contribution in [2.75, 3.05) is 0 Å². The third kappa shape index (κ3) is 4.28. The molecule has 2 aromatic carbocycles. The van der Waals surface area contributed by atoms with Gasteiger partial charge in [0.1, 0.15) is 0 Å². The van der Waals surface area contributed by atoms with Gasteiger partial charge >= 0.3 is 0 Å². The quantitative estimate of drug-likeness (QED) is 0.254. The molecular formula is C37H44Si. The van der Waals surface area contributed by atoms with Crippen molar-refractivity contribution in [2.24, 2.45) is 35.5 Å². The molecule has 38 heavy (non-hydrogen) atoms. The normalized spacial score (nSPS) is 35.1. The molecule has 0 aliphatic heterocycles. The highest BCUT2D eigenvalue weighted by Gasteiger charge is 2.59. The maximum atomic E-state index is 4.20. The maximum Gasteiger partial charge on any atom is 0.0587 e. The highest BCUT2D eigenvalue weighted by Crippen LogP contribution is 2.65. The van der Waals surface area contributed by atoms with Gasteiger partial charge in [0.25, 0.3) is 0 Å². The molecule has 2 aromatic rings. The fourth-order valence-corrected chi connectivity index (χ4v) is 17.0. The number of hydrogen-bond donors (Lipinski definition) is 0. The zero-order valence-corrected chi connectivity index (χ0v) is 24.5. The number of rotatable bonds is 7. The molecule has 0 heterocycles. The van der Waals surface area contributed by atoms with Gasteiger partial charge in [-0.25, -0.2) is 0 Å². The highest BCUT2D eigenvalue weighted by molar-refractivity contribution is 6.82. The van der Waals surface area contributed by atoms with Crippen molar-refractivity contribution in [3.8, 4) is 0 Å². The molecule has 0 amide bonds. The predicted molar refractivity (Wildman–Crippen MR) is 167 cm³/mol. The Morgan fingerprint density at radius 3 is 1.61 bits per heavy atom. The van der Waals surface area contributed by atoms with Gasteiger partial charge in [-0.3, -0.25) is 0 Å². The summed E-state index contributed by atoms with van der Waals surface area (Å²) in [6.07, 6.45) is 20.9. The first-order valence-electron chi connectivity index (χ1n) is 15.0. The van der Waals surface area contributed by atoms with Gasteiger partial charge in [0.2, 0.25) is 0 Å². The Balaban J connectivity index is 1.36. The van der Waals surface area contributed by atoms with Gasteiger partial charge in [0.15, 0.2) is 0 Å². The van der Waals surface area contributed by atoms with Crippen molar-refractivity contribution < 1.29 is 0 Å². The molecule has 2 fully saturated rings. The smallest absolute Gasteiger partial charge is 0.0587 e. The van der Waals surface area contributed by atoms with Crippen molar-refractivity contribution >= 4 is 19.2 Å². The van der Waals surface area contributed by atoms with Crippen LogP contribution in [0.4, 0.5) is 0 Å². The minimum atomic E-state index is -1.74. The second-order valence-electron chi connectivity index (χ2n) is 12.9. The fraction of sp³-hybridized carbons (Fsp3) is 0.405. The van der Waals surface area contributed by atoms with Gasteiger partial charge in [0.05, 0.1) is 8.07 Å². The van der Waals surface area contributed by atoms with E-state index in [0.29, 0.717) is 23.7 Å². The summed E-state index contributed by atoms with van der Waals surface area (Å²) >= 11 is 0. The second kappa shape index (κ2) is 10.5. The van der Waals surface area contributed by atoms with E-state index >= 15 is 0 Å². The molecular weight excluding hydrogens is 472 g/mol. The average Bonchev–Trinajstić information content (AvgIpc) is 3.48. The molecule has 0 aromatic heterocycles. The van der Waals surface area contributed by atoms with E-state index < -0.39 is 8.07 Å². The Morgan fingerprint density at radius 2 is 1.18 bits per heavy atom. The maximum absolute atomic E-state index is 4.20. The van der Waals surface area contributed by atoms with E-state index in [1.54, 1.807) is 11.1 Å². The van der Waals surface area contributed by atoms with Crippen molar-refractivity contribution in [3.05, 3.63) is 121 Å². The average molecular weight is 517 g/mol. The molecule has 8 atom stereocenters. The first-order valence-corrected chi connectivity index (χ1v) is 17.9. The van der Waals surface area contributed by atoms with E-state index in [-0.39, 0.29) is 0 Å². The van der Waals surface area contributed by atoms with E-state index in [4.69, 9.17) is 0 Å². The minimum Gasteiger partial charge on any atom is -0.103 e. The zero-order chi connectivity index (χ0) is 26.3. The molecule has 0 radical (unpaired) electrons. The van der Waals surface area contributed by atoms with Crippen LogP contribution < -0.4 is 0 Å². The molecule has 8 unspecified atom stereocenters. The topological polar surface area (TPSA) is 0 Å². The Kier molecular flexibility index (Phi) is 7.08. The van der Waals surface area contributed by atoms with E-state index in [1.807, 2.05) is 0 Å². The summed E-state index contributed by atoms with van der Waals surface area (Å²) in [6, 6.07) is 23.8. The van der Waals surface area contributed by atoms with Crippen LogP contribution in [0.5, 0.6) is 0 Å². The lowest BCUT2D eigenvalue weighted by Crippen LogP contribution is -2.48. The van der Waals surface area contributed by atoms with Crippen LogP contribution in [0.15, 0.2) is 110 Å². The molecule has 4 aliphatic rings. The van der Waals surface area contributed by atoms with Crippen LogP contribution in [0, 0.1) is 35.5 Å². The monoisotopic (exact) mass is 516 g/mol. The van der Waals surface area contributed by atoms with Crippen LogP contribution >= 0.6 is 0 Å². The Hall–Kier alpha value is -2.64. The molecule has 0 saturated heterocycles. The number of hydrogen-bond acceptors (Lipinski definition) is 0. The predicted octanol–water partition coefficient (Wildman–Crippen LogP) is 10.2. The van der Waals surface area contributed by atoms with Gasteiger partial charge in [-0.15, -0.1) is 6.58 Å². The molecule has 0 nitrogen and oxygen atoms in total. The molecule has 2 saturated carbocycles. The summed E-state index contributed by atoms with van der Waals surface area (Å²) in [5.74, 6) is 4.21. The van der Waals surface area contributed by atoms with Crippen LogP contribution in [-0.2, 0) is 0 Å². The van der Waals surface area contributed by atoms with Crippen molar-refractivity contribution in [3.63, 3.8) is 0 Å². The fourth-order valence-electron chi connectivity index (χ4n) is 9.70. The SMILES string of the molecule is C=CCC[Si](C)(C1C(C)CC2C(c3ccccc3)=CC=CC21)C1C(C)CC2C(c3ccccc3)=CC=CC21. The van der Waals surface area contributed by atoms with Gasteiger partial charge in [-0.2, -0.15) is 0 Å². The summed E-state index contributed by atoms with van der Waals surface area (Å²) in [5.41, 5.74) is 7.66. The third-order valence-electron chi connectivity index (χ3n) is 10.9. The van der Waals surface area contributed by atoms with Crippen molar-refractivity contribution in [2.45, 2.75) is 56.8 Å². The first kappa shape index (κ1) is 25.6. The van der Waals surface area contributed by atoms with Crippen LogP contribution in [0.2, 0.25) is 23.7 Å². The Bertz CT molecular complexity index is 1170. The van der Waals surface area contributed by atoms with Crippen LogP contribution in [0.3, 0.4) is 0 Å². The molecule has 196 valence electrons. The molecule has 0 bridgehead atoms. The highest BCUT2D eigenvalue weighted by atomic mass is 28.3. The summed E-state index contributed by atoms with van der Waals surface area (Å²) in [5, 5.41) is 0. The Morgan fingerprint density at radius 1 is 0.737 bits per heavy atom. The lowest BCUT2D eigenvalue weighted by atomic mass is 9.81. The number of benzene rings is 2. The molecule has 1 heteroatoms. The summed E-state index contributed by atoms with van der Waals surface area (Å²) in [4.78, 5) is 0. The van der Waals surface area contributed by atoms with Crippen LogP contribution in [0.25, 0.3) is 11.1 Å².